The van der Waals surface area contributed by atoms with Crippen LogP contribution < -0.4 is 5.32 Å². The quantitative estimate of drug-likeness (QED) is 0.848. The molecule has 0 unspecified atom stereocenters. The molecule has 0 saturated carbocycles. The van der Waals surface area contributed by atoms with Gasteiger partial charge in [0.2, 0.25) is 11.8 Å². The summed E-state index contributed by atoms with van der Waals surface area (Å²) in [6.45, 7) is 3.57. The Labute approximate surface area is 113 Å². The summed E-state index contributed by atoms with van der Waals surface area (Å²) in [6, 6.07) is 7.56. The van der Waals surface area contributed by atoms with Crippen LogP contribution in [-0.4, -0.2) is 29.8 Å². The highest BCUT2D eigenvalue weighted by Crippen LogP contribution is 2.12. The van der Waals surface area contributed by atoms with Gasteiger partial charge in [-0.25, -0.2) is 0 Å². The number of hydrogen-bond acceptors (Lipinski definition) is 2. The van der Waals surface area contributed by atoms with Gasteiger partial charge in [-0.2, -0.15) is 0 Å². The van der Waals surface area contributed by atoms with Gasteiger partial charge in [0.15, 0.2) is 0 Å². The van der Waals surface area contributed by atoms with E-state index in [2.05, 4.69) is 5.32 Å². The van der Waals surface area contributed by atoms with Gasteiger partial charge in [0, 0.05) is 18.8 Å². The molecule has 4 heteroatoms. The molecule has 0 aliphatic carbocycles. The molecule has 1 aromatic rings. The van der Waals surface area contributed by atoms with Gasteiger partial charge in [-0.1, -0.05) is 17.7 Å². The Hall–Kier alpha value is -1.84. The Morgan fingerprint density at radius 2 is 1.74 bits per heavy atom. The molecule has 19 heavy (non-hydrogen) atoms. The van der Waals surface area contributed by atoms with Crippen molar-refractivity contribution < 1.29 is 9.59 Å². The zero-order chi connectivity index (χ0) is 13.7. The maximum atomic E-state index is 11.9. The van der Waals surface area contributed by atoms with Gasteiger partial charge in [0.1, 0.15) is 6.42 Å². The largest absolute Gasteiger partial charge is 0.342 e. The van der Waals surface area contributed by atoms with E-state index in [0.717, 1.165) is 37.2 Å². The van der Waals surface area contributed by atoms with Gasteiger partial charge in [-0.05, 0) is 38.3 Å². The smallest absolute Gasteiger partial charge is 0.233 e. The van der Waals surface area contributed by atoms with Gasteiger partial charge in [0.05, 0.1) is 0 Å². The van der Waals surface area contributed by atoms with Crippen molar-refractivity contribution in [3.05, 3.63) is 29.8 Å². The highest BCUT2D eigenvalue weighted by Gasteiger charge is 2.19. The Kier molecular flexibility index (Phi) is 4.55. The lowest BCUT2D eigenvalue weighted by molar-refractivity contribution is -0.135. The molecule has 102 valence electrons. The van der Waals surface area contributed by atoms with E-state index >= 15 is 0 Å². The predicted molar refractivity (Wildman–Crippen MR) is 74.9 cm³/mol. The second kappa shape index (κ2) is 6.36. The Morgan fingerprint density at radius 1 is 1.11 bits per heavy atom. The van der Waals surface area contributed by atoms with Crippen LogP contribution in [0.2, 0.25) is 0 Å². The predicted octanol–water partition coefficient (Wildman–Crippen LogP) is 2.34. The third-order valence-corrected chi connectivity index (χ3v) is 3.36. The first-order valence-corrected chi connectivity index (χ1v) is 6.79. The topological polar surface area (TPSA) is 49.4 Å². The molecular weight excluding hydrogens is 240 g/mol. The number of carbonyl (C=O) groups is 2. The lowest BCUT2D eigenvalue weighted by Gasteiger charge is -2.26. The molecule has 1 aromatic carbocycles. The van der Waals surface area contributed by atoms with Gasteiger partial charge in [-0.15, -0.1) is 0 Å². The fourth-order valence-electron chi connectivity index (χ4n) is 2.23. The van der Waals surface area contributed by atoms with Crippen LogP contribution in [0.25, 0.3) is 0 Å². The maximum Gasteiger partial charge on any atom is 0.233 e. The van der Waals surface area contributed by atoms with Gasteiger partial charge in [-0.3, -0.25) is 9.59 Å². The van der Waals surface area contributed by atoms with Crippen LogP contribution in [0.5, 0.6) is 0 Å². The highest BCUT2D eigenvalue weighted by molar-refractivity contribution is 6.03. The second-order valence-corrected chi connectivity index (χ2v) is 5.03. The summed E-state index contributed by atoms with van der Waals surface area (Å²) in [5.41, 5.74) is 1.88. The van der Waals surface area contributed by atoms with E-state index < -0.39 is 0 Å². The first-order valence-electron chi connectivity index (χ1n) is 6.79. The molecule has 0 bridgehead atoms. The zero-order valence-electron chi connectivity index (χ0n) is 11.3. The first-order chi connectivity index (χ1) is 9.15. The van der Waals surface area contributed by atoms with Crippen LogP contribution in [0.3, 0.4) is 0 Å². The van der Waals surface area contributed by atoms with E-state index in [1.54, 1.807) is 4.90 Å². The van der Waals surface area contributed by atoms with Crippen LogP contribution in [0.4, 0.5) is 5.69 Å². The fraction of sp³-hybridized carbons (Fsp3) is 0.467. The number of hydrogen-bond donors (Lipinski definition) is 1. The Balaban J connectivity index is 1.83. The minimum Gasteiger partial charge on any atom is -0.342 e. The summed E-state index contributed by atoms with van der Waals surface area (Å²) < 4.78 is 0. The monoisotopic (exact) mass is 260 g/mol. The number of rotatable bonds is 3. The number of likely N-dealkylation sites (tertiary alicyclic amines) is 1. The van der Waals surface area contributed by atoms with Crippen molar-refractivity contribution in [3.8, 4) is 0 Å². The number of amides is 2. The molecule has 1 aliphatic heterocycles. The van der Waals surface area contributed by atoms with Crippen LogP contribution in [-0.2, 0) is 9.59 Å². The van der Waals surface area contributed by atoms with E-state index in [4.69, 9.17) is 0 Å². The maximum absolute atomic E-state index is 11.9. The Bertz CT molecular complexity index is 448. The zero-order valence-corrected chi connectivity index (χ0v) is 11.3. The van der Waals surface area contributed by atoms with Crippen LogP contribution >= 0.6 is 0 Å². The van der Waals surface area contributed by atoms with Crippen molar-refractivity contribution in [3.63, 3.8) is 0 Å². The Morgan fingerprint density at radius 3 is 2.37 bits per heavy atom. The van der Waals surface area contributed by atoms with E-state index in [9.17, 15) is 9.59 Å². The van der Waals surface area contributed by atoms with Crippen LogP contribution in [0, 0.1) is 6.92 Å². The van der Waals surface area contributed by atoms with Gasteiger partial charge >= 0.3 is 0 Å². The summed E-state index contributed by atoms with van der Waals surface area (Å²) >= 11 is 0. The number of carbonyl (C=O) groups excluding carboxylic acids is 2. The summed E-state index contributed by atoms with van der Waals surface area (Å²) in [6.07, 6.45) is 3.21. The third-order valence-electron chi connectivity index (χ3n) is 3.36. The molecule has 1 fully saturated rings. The summed E-state index contributed by atoms with van der Waals surface area (Å²) in [5, 5.41) is 2.75. The van der Waals surface area contributed by atoms with E-state index in [-0.39, 0.29) is 18.2 Å². The molecule has 0 radical (unpaired) electrons. The average molecular weight is 260 g/mol. The minimum absolute atomic E-state index is 0.0616. The molecular formula is C15H20N2O2. The molecule has 2 rings (SSSR count). The fourth-order valence-corrected chi connectivity index (χ4v) is 2.23. The average Bonchev–Trinajstić information content (AvgIpc) is 2.42. The lowest BCUT2D eigenvalue weighted by Crippen LogP contribution is -2.37. The SMILES string of the molecule is Cc1ccc(NC(=O)CC(=O)N2CCCCC2)cc1. The summed E-state index contributed by atoms with van der Waals surface area (Å²) in [4.78, 5) is 25.5. The molecule has 0 spiro atoms. The molecule has 0 atom stereocenters. The second-order valence-electron chi connectivity index (χ2n) is 5.03. The lowest BCUT2D eigenvalue weighted by atomic mass is 10.1. The number of nitrogens with zero attached hydrogens (tertiary/aromatic N) is 1. The van der Waals surface area contributed by atoms with Crippen LogP contribution in [0.15, 0.2) is 24.3 Å². The molecule has 4 nitrogen and oxygen atoms in total. The minimum atomic E-state index is -0.237. The molecule has 0 aromatic heterocycles. The van der Waals surface area contributed by atoms with Crippen molar-refractivity contribution in [2.24, 2.45) is 0 Å². The first kappa shape index (κ1) is 13.6. The molecule has 1 aliphatic rings. The third kappa shape index (κ3) is 4.09. The van der Waals surface area contributed by atoms with Crippen molar-refractivity contribution in [1.82, 2.24) is 4.90 Å². The van der Waals surface area contributed by atoms with Crippen molar-refractivity contribution in [2.45, 2.75) is 32.6 Å². The number of aryl methyl sites for hydroxylation is 1. The van der Waals surface area contributed by atoms with E-state index in [1.165, 1.54) is 6.42 Å². The summed E-state index contributed by atoms with van der Waals surface area (Å²) in [5.74, 6) is -0.302. The van der Waals surface area contributed by atoms with Gasteiger partial charge < -0.3 is 10.2 Å². The highest BCUT2D eigenvalue weighted by atomic mass is 16.2. The standard InChI is InChI=1S/C15H20N2O2/c1-12-5-7-13(8-6-12)16-14(18)11-15(19)17-9-3-2-4-10-17/h5-8H,2-4,9-11H2,1H3,(H,16,18). The molecule has 1 saturated heterocycles. The summed E-state index contributed by atoms with van der Waals surface area (Å²) in [7, 11) is 0. The van der Waals surface area contributed by atoms with Crippen molar-refractivity contribution >= 4 is 17.5 Å². The van der Waals surface area contributed by atoms with E-state index in [0.29, 0.717) is 0 Å². The number of anilines is 1. The number of benzene rings is 1. The molecule has 2 amide bonds. The van der Waals surface area contributed by atoms with E-state index in [1.807, 2.05) is 31.2 Å². The number of nitrogens with one attached hydrogen (secondary N) is 1. The normalized spacial score (nSPS) is 15.1. The van der Waals surface area contributed by atoms with Crippen molar-refractivity contribution in [1.29, 1.82) is 0 Å². The van der Waals surface area contributed by atoms with Crippen molar-refractivity contribution in [2.75, 3.05) is 18.4 Å². The molecule has 1 heterocycles. The van der Waals surface area contributed by atoms with Crippen LogP contribution in [0.1, 0.15) is 31.2 Å². The number of piperidine rings is 1. The molecule has 1 N–H and O–H groups in total. The van der Waals surface area contributed by atoms with Gasteiger partial charge in [0.25, 0.3) is 0 Å².